The fourth-order valence-electron chi connectivity index (χ4n) is 3.08. The zero-order valence-corrected chi connectivity index (χ0v) is 17.4. The molecule has 0 N–H and O–H groups in total. The highest BCUT2D eigenvalue weighted by Crippen LogP contribution is 2.23. The van der Waals surface area contributed by atoms with Crippen LogP contribution in [0.1, 0.15) is 30.5 Å². The normalized spacial score (nSPS) is 10.8. The minimum absolute atomic E-state index is 0.150. The van der Waals surface area contributed by atoms with Gasteiger partial charge in [-0.15, -0.1) is 11.8 Å². The Hall–Kier alpha value is -2.52. The summed E-state index contributed by atoms with van der Waals surface area (Å²) in [6, 6.07) is 28.8. The number of hydrogen-bond donors (Lipinski definition) is 0. The van der Waals surface area contributed by atoms with E-state index in [0.717, 1.165) is 16.7 Å². The van der Waals surface area contributed by atoms with Gasteiger partial charge < -0.3 is 4.90 Å². The molecule has 1 amide bonds. The predicted octanol–water partition coefficient (Wildman–Crippen LogP) is 5.96. The lowest BCUT2D eigenvalue weighted by Gasteiger charge is -2.23. The Bertz CT molecular complexity index is 819. The van der Waals surface area contributed by atoms with Crippen LogP contribution in [0.3, 0.4) is 0 Å². The molecular weight excluding hydrogens is 362 g/mol. The van der Waals surface area contributed by atoms with Gasteiger partial charge in [0.15, 0.2) is 0 Å². The zero-order valence-electron chi connectivity index (χ0n) is 16.5. The molecule has 0 atom stereocenters. The largest absolute Gasteiger partial charge is 0.334 e. The Labute approximate surface area is 172 Å². The topological polar surface area (TPSA) is 20.3 Å². The molecule has 0 saturated carbocycles. The maximum absolute atomic E-state index is 13.1. The van der Waals surface area contributed by atoms with E-state index >= 15 is 0 Å². The fraction of sp³-hybridized carbons (Fsp3) is 0.240. The van der Waals surface area contributed by atoms with Crippen molar-refractivity contribution < 1.29 is 4.79 Å². The number of amides is 1. The van der Waals surface area contributed by atoms with Crippen LogP contribution in [0.5, 0.6) is 0 Å². The van der Waals surface area contributed by atoms with Crippen molar-refractivity contribution in [3.63, 3.8) is 0 Å². The zero-order chi connectivity index (χ0) is 19.8. The molecule has 3 heteroatoms. The lowest BCUT2D eigenvalue weighted by Crippen LogP contribution is -2.31. The molecule has 2 nitrogen and oxygen atoms in total. The smallest absolute Gasteiger partial charge is 0.227 e. The summed E-state index contributed by atoms with van der Waals surface area (Å²) in [5.41, 5.74) is 3.36. The monoisotopic (exact) mass is 389 g/mol. The number of rotatable bonds is 8. The number of benzene rings is 3. The van der Waals surface area contributed by atoms with Crippen molar-refractivity contribution in [3.8, 4) is 0 Å². The summed E-state index contributed by atoms with van der Waals surface area (Å²) >= 11 is 1.84. The Kier molecular flexibility index (Phi) is 7.32. The number of hydrogen-bond acceptors (Lipinski definition) is 2. The van der Waals surface area contributed by atoms with Crippen molar-refractivity contribution in [1.29, 1.82) is 0 Å². The molecule has 28 heavy (non-hydrogen) atoms. The van der Waals surface area contributed by atoms with Gasteiger partial charge in [0.1, 0.15) is 0 Å². The maximum atomic E-state index is 13.1. The van der Waals surface area contributed by atoms with Crippen LogP contribution in [-0.2, 0) is 24.3 Å². The molecule has 0 aromatic heterocycles. The molecule has 0 spiro atoms. The van der Waals surface area contributed by atoms with Gasteiger partial charge in [-0.25, -0.2) is 0 Å². The molecule has 0 bridgehead atoms. The van der Waals surface area contributed by atoms with Crippen molar-refractivity contribution >= 4 is 17.7 Å². The summed E-state index contributed by atoms with van der Waals surface area (Å²) in [5, 5.41) is 0.555. The molecule has 0 aliphatic rings. The van der Waals surface area contributed by atoms with Crippen molar-refractivity contribution in [2.75, 3.05) is 0 Å². The third-order valence-corrected chi connectivity index (χ3v) is 5.45. The van der Waals surface area contributed by atoms with Gasteiger partial charge in [-0.1, -0.05) is 86.6 Å². The van der Waals surface area contributed by atoms with Crippen LogP contribution in [0.25, 0.3) is 0 Å². The van der Waals surface area contributed by atoms with E-state index < -0.39 is 0 Å². The van der Waals surface area contributed by atoms with Gasteiger partial charge in [-0.2, -0.15) is 0 Å². The summed E-state index contributed by atoms with van der Waals surface area (Å²) in [6.07, 6.45) is 0.423. The lowest BCUT2D eigenvalue weighted by atomic mass is 10.1. The molecule has 0 heterocycles. The molecule has 144 valence electrons. The summed E-state index contributed by atoms with van der Waals surface area (Å²) < 4.78 is 0. The fourth-order valence-corrected chi connectivity index (χ4v) is 3.92. The van der Waals surface area contributed by atoms with Gasteiger partial charge in [0.05, 0.1) is 6.42 Å². The second-order valence-corrected chi connectivity index (χ2v) is 8.86. The van der Waals surface area contributed by atoms with Gasteiger partial charge in [-0.05, 0) is 28.8 Å². The van der Waals surface area contributed by atoms with Crippen LogP contribution >= 0.6 is 11.8 Å². The molecule has 3 aromatic carbocycles. The average molecular weight is 390 g/mol. The van der Waals surface area contributed by atoms with E-state index in [9.17, 15) is 4.79 Å². The van der Waals surface area contributed by atoms with Crippen molar-refractivity contribution in [2.45, 2.75) is 43.5 Å². The second-order valence-electron chi connectivity index (χ2n) is 7.21. The quantitative estimate of drug-likeness (QED) is 0.443. The average Bonchev–Trinajstić information content (AvgIpc) is 2.70. The van der Waals surface area contributed by atoms with Gasteiger partial charge >= 0.3 is 0 Å². The van der Waals surface area contributed by atoms with Crippen molar-refractivity contribution in [2.24, 2.45) is 0 Å². The highest BCUT2D eigenvalue weighted by atomic mass is 32.2. The van der Waals surface area contributed by atoms with E-state index in [1.807, 2.05) is 53.1 Å². The summed E-state index contributed by atoms with van der Waals surface area (Å²) in [6.45, 7) is 5.62. The van der Waals surface area contributed by atoms with E-state index in [0.29, 0.717) is 24.8 Å². The van der Waals surface area contributed by atoms with Crippen LogP contribution in [0.2, 0.25) is 0 Å². The highest BCUT2D eigenvalue weighted by molar-refractivity contribution is 7.99. The number of carbonyl (C=O) groups is 1. The third-order valence-electron chi connectivity index (χ3n) is 4.44. The van der Waals surface area contributed by atoms with Crippen LogP contribution in [0, 0.1) is 0 Å². The first kappa shape index (κ1) is 20.2. The molecule has 0 radical (unpaired) electrons. The van der Waals surface area contributed by atoms with Crippen molar-refractivity contribution in [3.05, 3.63) is 102 Å². The molecule has 0 aliphatic heterocycles. The SMILES string of the molecule is CC(C)Sc1ccc(CC(=O)N(Cc2ccccc2)Cc2ccccc2)cc1. The van der Waals surface area contributed by atoms with E-state index in [2.05, 4.69) is 62.4 Å². The molecule has 3 aromatic rings. The Balaban J connectivity index is 1.72. The molecule has 0 fully saturated rings. The first-order valence-electron chi connectivity index (χ1n) is 9.71. The van der Waals surface area contributed by atoms with Gasteiger partial charge in [0.25, 0.3) is 0 Å². The Morgan fingerprint density at radius 1 is 0.750 bits per heavy atom. The molecular formula is C25H27NOS. The first-order chi connectivity index (χ1) is 13.6. The maximum Gasteiger partial charge on any atom is 0.227 e. The van der Waals surface area contributed by atoms with E-state index in [1.165, 1.54) is 4.90 Å². The summed E-state index contributed by atoms with van der Waals surface area (Å²) in [7, 11) is 0. The number of nitrogens with zero attached hydrogens (tertiary/aromatic N) is 1. The van der Waals surface area contributed by atoms with E-state index in [4.69, 9.17) is 0 Å². The molecule has 0 aliphatic carbocycles. The summed E-state index contributed by atoms with van der Waals surface area (Å²) in [4.78, 5) is 16.3. The van der Waals surface area contributed by atoms with Crippen LogP contribution in [0.15, 0.2) is 89.8 Å². The lowest BCUT2D eigenvalue weighted by molar-refractivity contribution is -0.131. The van der Waals surface area contributed by atoms with E-state index in [-0.39, 0.29) is 5.91 Å². The van der Waals surface area contributed by atoms with Crippen LogP contribution in [0.4, 0.5) is 0 Å². The molecule has 0 saturated heterocycles. The van der Waals surface area contributed by atoms with E-state index in [1.54, 1.807) is 0 Å². The number of carbonyl (C=O) groups excluding carboxylic acids is 1. The van der Waals surface area contributed by atoms with Crippen molar-refractivity contribution in [1.82, 2.24) is 4.90 Å². The molecule has 0 unspecified atom stereocenters. The number of thioether (sulfide) groups is 1. The predicted molar refractivity (Wildman–Crippen MR) is 118 cm³/mol. The molecule has 3 rings (SSSR count). The Morgan fingerprint density at radius 2 is 1.25 bits per heavy atom. The van der Waals surface area contributed by atoms with Gasteiger partial charge in [-0.3, -0.25) is 4.79 Å². The highest BCUT2D eigenvalue weighted by Gasteiger charge is 2.15. The first-order valence-corrected chi connectivity index (χ1v) is 10.6. The third kappa shape index (κ3) is 6.28. The van der Waals surface area contributed by atoms with Crippen LogP contribution in [-0.4, -0.2) is 16.1 Å². The summed E-state index contributed by atoms with van der Waals surface area (Å²) in [5.74, 6) is 0.150. The van der Waals surface area contributed by atoms with Gasteiger partial charge in [0.2, 0.25) is 5.91 Å². The second kappa shape index (κ2) is 10.1. The minimum Gasteiger partial charge on any atom is -0.334 e. The van der Waals surface area contributed by atoms with Gasteiger partial charge in [0, 0.05) is 23.2 Å². The van der Waals surface area contributed by atoms with Crippen LogP contribution < -0.4 is 0 Å². The standard InChI is InChI=1S/C25H27NOS/c1-20(2)28-24-15-13-21(14-16-24)17-25(27)26(18-22-9-5-3-6-10-22)19-23-11-7-4-8-12-23/h3-16,20H,17-19H2,1-2H3. The Morgan fingerprint density at radius 3 is 1.71 bits per heavy atom. The minimum atomic E-state index is 0.150.